The number of aromatic nitrogens is 2. The number of imide groups is 1. The van der Waals surface area contributed by atoms with Gasteiger partial charge in [0.15, 0.2) is 0 Å². The highest BCUT2D eigenvalue weighted by Crippen LogP contribution is 2.31. The zero-order chi connectivity index (χ0) is 29.5. The van der Waals surface area contributed by atoms with Crippen molar-refractivity contribution in [3.05, 3.63) is 93.2 Å². The van der Waals surface area contributed by atoms with Crippen LogP contribution in [0.25, 0.3) is 23.0 Å². The Balaban J connectivity index is 1.72. The van der Waals surface area contributed by atoms with Crippen molar-refractivity contribution in [2.75, 3.05) is 26.4 Å². The molecule has 0 saturated heterocycles. The number of hydrogen-bond acceptors (Lipinski definition) is 9. The summed E-state index contributed by atoms with van der Waals surface area (Å²) in [5.74, 6) is -1.80. The van der Waals surface area contributed by atoms with Gasteiger partial charge in [-0.15, -0.1) is 0 Å². The fourth-order valence-corrected chi connectivity index (χ4v) is 4.16. The Labute approximate surface area is 234 Å². The van der Waals surface area contributed by atoms with Gasteiger partial charge in [-0.25, -0.2) is 4.68 Å². The largest absolute Gasteiger partial charge is 0.463 e. The molecule has 12 nitrogen and oxygen atoms in total. The second kappa shape index (κ2) is 12.6. The number of rotatable bonds is 10. The number of carbonyl (C=O) groups is 3. The Kier molecular flexibility index (Phi) is 8.81. The summed E-state index contributed by atoms with van der Waals surface area (Å²) in [5, 5.41) is 25.6. The maximum Gasteiger partial charge on any atom is 0.302 e. The van der Waals surface area contributed by atoms with Crippen LogP contribution in [0.2, 0.25) is 0 Å². The van der Waals surface area contributed by atoms with E-state index in [1.54, 1.807) is 29.1 Å². The SMILES string of the molecule is CC(=O)OCCOCCN1C(=O)C(C#N)=C(C)/C(=C\c2cn(-c3ccccc3)nc2-c2ccc([N+](=O)[O-])cc2)C1=O. The number of nitro benzene ring substituents is 1. The fraction of sp³-hybridized carbons (Fsp3) is 0.207. The smallest absolute Gasteiger partial charge is 0.302 e. The summed E-state index contributed by atoms with van der Waals surface area (Å²) in [6, 6.07) is 17.0. The number of nitrogens with zero attached hydrogens (tertiary/aromatic N) is 5. The summed E-state index contributed by atoms with van der Waals surface area (Å²) in [5.41, 5.74) is 2.32. The van der Waals surface area contributed by atoms with Crippen LogP contribution >= 0.6 is 0 Å². The van der Waals surface area contributed by atoms with E-state index >= 15 is 0 Å². The van der Waals surface area contributed by atoms with Crippen molar-refractivity contribution in [3.63, 3.8) is 0 Å². The highest BCUT2D eigenvalue weighted by molar-refractivity contribution is 6.19. The molecule has 0 N–H and O–H groups in total. The van der Waals surface area contributed by atoms with Gasteiger partial charge in [0.1, 0.15) is 18.2 Å². The molecule has 2 heterocycles. The lowest BCUT2D eigenvalue weighted by atomic mass is 9.93. The summed E-state index contributed by atoms with van der Waals surface area (Å²) >= 11 is 0. The Hall–Kier alpha value is -5.41. The molecule has 12 heteroatoms. The first kappa shape index (κ1) is 28.6. The topological polar surface area (TPSA) is 158 Å². The zero-order valence-electron chi connectivity index (χ0n) is 22.3. The molecule has 208 valence electrons. The Bertz CT molecular complexity index is 1600. The number of non-ortho nitro benzene ring substituents is 1. The average molecular weight is 556 g/mol. The molecule has 2 amide bonds. The molecule has 0 unspecified atom stereocenters. The molecule has 0 saturated carbocycles. The molecule has 41 heavy (non-hydrogen) atoms. The van der Waals surface area contributed by atoms with Crippen LogP contribution in [-0.2, 0) is 23.9 Å². The lowest BCUT2D eigenvalue weighted by Crippen LogP contribution is -2.44. The zero-order valence-corrected chi connectivity index (χ0v) is 22.3. The molecule has 0 bridgehead atoms. The third-order valence-corrected chi connectivity index (χ3v) is 6.23. The Morgan fingerprint density at radius 1 is 1.07 bits per heavy atom. The third-order valence-electron chi connectivity index (χ3n) is 6.23. The molecule has 3 aromatic rings. The molecule has 0 fully saturated rings. The number of hydrogen-bond donors (Lipinski definition) is 0. The van der Waals surface area contributed by atoms with Crippen LogP contribution in [0.4, 0.5) is 5.69 Å². The van der Waals surface area contributed by atoms with Crippen molar-refractivity contribution >= 4 is 29.5 Å². The van der Waals surface area contributed by atoms with Crippen molar-refractivity contribution < 1.29 is 28.8 Å². The van der Waals surface area contributed by atoms with Gasteiger partial charge >= 0.3 is 5.97 Å². The number of para-hydroxylation sites is 1. The van der Waals surface area contributed by atoms with Gasteiger partial charge < -0.3 is 9.47 Å². The molecule has 0 atom stereocenters. The quantitative estimate of drug-likeness (QED) is 0.0910. The van der Waals surface area contributed by atoms with E-state index in [9.17, 15) is 29.8 Å². The standard InChI is InChI=1S/C29H25N5O7/c1-19-25(28(36)32(29(37)26(19)17-30)12-13-40-14-15-41-20(2)35)16-22-18-33(23-6-4-3-5-7-23)31-27(22)21-8-10-24(11-9-21)34(38)39/h3-11,16,18H,12-15H2,1-2H3/b25-16+. The molecule has 4 rings (SSSR count). The van der Waals surface area contributed by atoms with Crippen molar-refractivity contribution in [3.8, 4) is 23.0 Å². The van der Waals surface area contributed by atoms with Crippen LogP contribution < -0.4 is 0 Å². The Morgan fingerprint density at radius 3 is 2.41 bits per heavy atom. The number of ether oxygens (including phenoxy) is 2. The first-order valence-corrected chi connectivity index (χ1v) is 12.5. The van der Waals surface area contributed by atoms with Gasteiger partial charge in [-0.3, -0.25) is 29.4 Å². The van der Waals surface area contributed by atoms with E-state index in [4.69, 9.17) is 9.47 Å². The minimum Gasteiger partial charge on any atom is -0.463 e. The number of carbonyl (C=O) groups excluding carboxylic acids is 3. The molecule has 0 radical (unpaired) electrons. The second-order valence-electron chi connectivity index (χ2n) is 8.90. The molecular weight excluding hydrogens is 530 g/mol. The molecule has 2 aromatic carbocycles. The highest BCUT2D eigenvalue weighted by Gasteiger charge is 2.35. The second-order valence-corrected chi connectivity index (χ2v) is 8.90. The van der Waals surface area contributed by atoms with Gasteiger partial charge in [-0.05, 0) is 42.8 Å². The average Bonchev–Trinajstić information content (AvgIpc) is 3.39. The normalized spacial score (nSPS) is 14.4. The monoisotopic (exact) mass is 555 g/mol. The van der Waals surface area contributed by atoms with E-state index < -0.39 is 22.7 Å². The third kappa shape index (κ3) is 6.43. The van der Waals surface area contributed by atoms with Gasteiger partial charge in [0.2, 0.25) is 0 Å². The van der Waals surface area contributed by atoms with E-state index in [1.165, 1.54) is 26.0 Å². The van der Waals surface area contributed by atoms with Crippen LogP contribution in [0.3, 0.4) is 0 Å². The van der Waals surface area contributed by atoms with E-state index in [1.807, 2.05) is 36.4 Å². The number of nitriles is 1. The first-order valence-electron chi connectivity index (χ1n) is 12.5. The summed E-state index contributed by atoms with van der Waals surface area (Å²) in [4.78, 5) is 49.0. The Morgan fingerprint density at radius 2 is 1.78 bits per heavy atom. The lowest BCUT2D eigenvalue weighted by Gasteiger charge is -2.27. The van der Waals surface area contributed by atoms with Crippen molar-refractivity contribution in [1.29, 1.82) is 5.26 Å². The van der Waals surface area contributed by atoms with Crippen LogP contribution in [0.5, 0.6) is 0 Å². The maximum atomic E-state index is 13.5. The molecule has 1 aliphatic heterocycles. The van der Waals surface area contributed by atoms with E-state index in [0.717, 1.165) is 10.6 Å². The van der Waals surface area contributed by atoms with Gasteiger partial charge in [0.05, 0.1) is 36.1 Å². The molecule has 1 aromatic heterocycles. The van der Waals surface area contributed by atoms with Gasteiger partial charge in [0.25, 0.3) is 17.5 Å². The van der Waals surface area contributed by atoms with Crippen molar-refractivity contribution in [1.82, 2.24) is 14.7 Å². The van der Waals surface area contributed by atoms with E-state index in [0.29, 0.717) is 16.8 Å². The van der Waals surface area contributed by atoms with Crippen molar-refractivity contribution in [2.24, 2.45) is 0 Å². The van der Waals surface area contributed by atoms with Gasteiger partial charge in [-0.1, -0.05) is 18.2 Å². The van der Waals surface area contributed by atoms with Crippen LogP contribution in [-0.4, -0.2) is 63.8 Å². The molecule has 0 spiro atoms. The van der Waals surface area contributed by atoms with Gasteiger partial charge in [-0.2, -0.15) is 10.4 Å². The first-order chi connectivity index (χ1) is 19.7. The molecule has 0 aliphatic carbocycles. The maximum absolute atomic E-state index is 13.5. The summed E-state index contributed by atoms with van der Waals surface area (Å²) < 4.78 is 11.8. The van der Waals surface area contributed by atoms with Crippen LogP contribution in [0.15, 0.2) is 77.5 Å². The minimum absolute atomic E-state index is 0.0240. The van der Waals surface area contributed by atoms with Crippen LogP contribution in [0.1, 0.15) is 19.4 Å². The highest BCUT2D eigenvalue weighted by atomic mass is 16.6. The minimum atomic E-state index is -0.730. The number of nitro groups is 1. The van der Waals surface area contributed by atoms with E-state index in [-0.39, 0.29) is 48.8 Å². The summed E-state index contributed by atoms with van der Waals surface area (Å²) in [7, 11) is 0. The van der Waals surface area contributed by atoms with Gasteiger partial charge in [0, 0.05) is 42.0 Å². The lowest BCUT2D eigenvalue weighted by molar-refractivity contribution is -0.384. The number of amides is 2. The predicted molar refractivity (Wildman–Crippen MR) is 146 cm³/mol. The fourth-order valence-electron chi connectivity index (χ4n) is 4.16. The molecule has 1 aliphatic rings. The number of esters is 1. The molecular formula is C29H25N5O7. The summed E-state index contributed by atoms with van der Waals surface area (Å²) in [6.07, 6.45) is 3.25. The number of benzene rings is 2. The summed E-state index contributed by atoms with van der Waals surface area (Å²) in [6.45, 7) is 2.76. The van der Waals surface area contributed by atoms with E-state index in [2.05, 4.69) is 5.10 Å². The van der Waals surface area contributed by atoms with Crippen LogP contribution in [0, 0.1) is 21.4 Å². The van der Waals surface area contributed by atoms with Crippen molar-refractivity contribution in [2.45, 2.75) is 13.8 Å². The predicted octanol–water partition coefficient (Wildman–Crippen LogP) is 3.62.